The van der Waals surface area contributed by atoms with Crippen LogP contribution in [0.5, 0.6) is 0 Å². The Kier molecular flexibility index (Phi) is 5.68. The second-order valence-electron chi connectivity index (χ2n) is 8.23. The van der Waals surface area contributed by atoms with E-state index in [0.29, 0.717) is 36.2 Å². The highest BCUT2D eigenvalue weighted by molar-refractivity contribution is 5.85. The van der Waals surface area contributed by atoms with Gasteiger partial charge in [0.25, 0.3) is 0 Å². The molecule has 0 aromatic carbocycles. The minimum Gasteiger partial charge on any atom is -0.344 e. The summed E-state index contributed by atoms with van der Waals surface area (Å²) in [5.41, 5.74) is 0. The van der Waals surface area contributed by atoms with E-state index in [9.17, 15) is 4.79 Å². The zero-order valence-electron chi connectivity index (χ0n) is 15.0. The van der Waals surface area contributed by atoms with Crippen molar-refractivity contribution < 1.29 is 9.32 Å². The van der Waals surface area contributed by atoms with Gasteiger partial charge in [-0.15, -0.1) is 12.4 Å². The van der Waals surface area contributed by atoms with Gasteiger partial charge >= 0.3 is 0 Å². The monoisotopic (exact) mass is 368 g/mol. The number of fused-ring (bicyclic) bond motifs is 2. The number of hydrogen-bond donors (Lipinski definition) is 2. The van der Waals surface area contributed by atoms with Crippen LogP contribution in [0.2, 0.25) is 0 Å². The van der Waals surface area contributed by atoms with Crippen molar-refractivity contribution in [2.75, 3.05) is 0 Å². The lowest BCUT2D eigenvalue weighted by molar-refractivity contribution is -0.123. The molecule has 3 heterocycles. The molecule has 2 saturated heterocycles. The van der Waals surface area contributed by atoms with Crippen LogP contribution in [0.3, 0.4) is 0 Å². The molecule has 1 aromatic rings. The van der Waals surface area contributed by atoms with Crippen LogP contribution in [0.1, 0.15) is 82.5 Å². The number of piperidine rings is 1. The molecule has 2 N–H and O–H groups in total. The molecule has 2 aliphatic heterocycles. The fourth-order valence-electron chi connectivity index (χ4n) is 4.23. The van der Waals surface area contributed by atoms with Gasteiger partial charge in [0.05, 0.1) is 0 Å². The first-order valence-corrected chi connectivity index (χ1v) is 9.47. The maximum Gasteiger partial charge on any atom is 0.249 e. The quantitative estimate of drug-likeness (QED) is 0.806. The molecule has 4 rings (SSSR count). The van der Waals surface area contributed by atoms with E-state index in [2.05, 4.69) is 34.6 Å². The minimum absolute atomic E-state index is 0. The predicted octanol–water partition coefficient (Wildman–Crippen LogP) is 3.10. The number of amides is 1. The van der Waals surface area contributed by atoms with Crippen molar-refractivity contribution in [3.63, 3.8) is 0 Å². The molecule has 1 amide bonds. The summed E-state index contributed by atoms with van der Waals surface area (Å²) in [5, 5.41) is 10.9. The fraction of sp³-hybridized carbons (Fsp3) is 0.833. The number of carbonyl (C=O) groups excluding carboxylic acids is 1. The minimum atomic E-state index is -0.184. The zero-order chi connectivity index (χ0) is 16.7. The first-order valence-electron chi connectivity index (χ1n) is 9.47. The van der Waals surface area contributed by atoms with Crippen molar-refractivity contribution in [3.05, 3.63) is 11.7 Å². The van der Waals surface area contributed by atoms with E-state index in [1.807, 2.05) is 0 Å². The molecule has 1 aliphatic carbocycles. The molecule has 0 spiro atoms. The maximum absolute atomic E-state index is 12.6. The summed E-state index contributed by atoms with van der Waals surface area (Å²) in [5.74, 6) is 2.68. The van der Waals surface area contributed by atoms with Crippen molar-refractivity contribution in [1.82, 2.24) is 20.8 Å². The standard InChI is InChI=1S/C18H28N4O2.ClH/c1-10(2)16(18-21-17(22-24-18)12-3-4-12)20-15(23)9-11-7-13-5-6-14(8-11)19-13;/h10-14,16,19H,3-9H2,1-2H3,(H,20,23);1H. The lowest BCUT2D eigenvalue weighted by atomic mass is 9.89. The van der Waals surface area contributed by atoms with Gasteiger partial charge in [0.2, 0.25) is 11.8 Å². The second kappa shape index (κ2) is 7.62. The van der Waals surface area contributed by atoms with Crippen LogP contribution in [0.25, 0.3) is 0 Å². The molecule has 0 radical (unpaired) electrons. The van der Waals surface area contributed by atoms with E-state index in [0.717, 1.165) is 31.5 Å². The first-order chi connectivity index (χ1) is 11.6. The number of nitrogens with zero attached hydrogens (tertiary/aromatic N) is 2. The Hall–Kier alpha value is -1.14. The average molecular weight is 369 g/mol. The van der Waals surface area contributed by atoms with E-state index in [-0.39, 0.29) is 30.3 Å². The van der Waals surface area contributed by atoms with Crippen molar-refractivity contribution in [3.8, 4) is 0 Å². The Labute approximate surface area is 155 Å². The van der Waals surface area contributed by atoms with Gasteiger partial charge in [0.15, 0.2) is 5.82 Å². The smallest absolute Gasteiger partial charge is 0.249 e. The summed E-state index contributed by atoms with van der Waals surface area (Å²) in [4.78, 5) is 17.1. The topological polar surface area (TPSA) is 80.0 Å². The Morgan fingerprint density at radius 2 is 1.92 bits per heavy atom. The molecule has 7 heteroatoms. The lowest BCUT2D eigenvalue weighted by Gasteiger charge is -2.29. The zero-order valence-corrected chi connectivity index (χ0v) is 15.8. The highest BCUT2D eigenvalue weighted by atomic mass is 35.5. The van der Waals surface area contributed by atoms with Crippen LogP contribution in [0, 0.1) is 11.8 Å². The molecule has 6 nitrogen and oxygen atoms in total. The number of carbonyl (C=O) groups is 1. The lowest BCUT2D eigenvalue weighted by Crippen LogP contribution is -2.40. The summed E-state index contributed by atoms with van der Waals surface area (Å²) < 4.78 is 5.44. The van der Waals surface area contributed by atoms with Crippen molar-refractivity contribution in [2.24, 2.45) is 11.8 Å². The summed E-state index contributed by atoms with van der Waals surface area (Å²) >= 11 is 0. The molecular weight excluding hydrogens is 340 g/mol. The van der Waals surface area contributed by atoms with Crippen molar-refractivity contribution in [1.29, 1.82) is 0 Å². The predicted molar refractivity (Wildman–Crippen MR) is 96.5 cm³/mol. The molecule has 3 aliphatic rings. The molecular formula is C18H29ClN4O2. The van der Waals surface area contributed by atoms with E-state index >= 15 is 0 Å². The van der Waals surface area contributed by atoms with Crippen LogP contribution in [-0.2, 0) is 4.79 Å². The first kappa shape index (κ1) is 18.6. The third-order valence-corrected chi connectivity index (χ3v) is 5.69. The van der Waals surface area contributed by atoms with E-state index in [1.54, 1.807) is 0 Å². The van der Waals surface area contributed by atoms with Crippen LogP contribution in [0.15, 0.2) is 4.52 Å². The summed E-state index contributed by atoms with van der Waals surface area (Å²) in [6, 6.07) is 1.06. The largest absolute Gasteiger partial charge is 0.344 e. The third-order valence-electron chi connectivity index (χ3n) is 5.69. The molecule has 3 fully saturated rings. The molecule has 1 aromatic heterocycles. The highest BCUT2D eigenvalue weighted by Gasteiger charge is 2.35. The van der Waals surface area contributed by atoms with Gasteiger partial charge in [0.1, 0.15) is 6.04 Å². The van der Waals surface area contributed by atoms with Crippen molar-refractivity contribution >= 4 is 18.3 Å². The summed E-state index contributed by atoms with van der Waals surface area (Å²) in [7, 11) is 0. The SMILES string of the molecule is CC(C)C(NC(=O)CC1CC2CCC(C1)N2)c1nc(C2CC2)no1.Cl. The Morgan fingerprint density at radius 3 is 2.52 bits per heavy atom. The van der Waals surface area contributed by atoms with E-state index < -0.39 is 0 Å². The second-order valence-corrected chi connectivity index (χ2v) is 8.23. The molecule has 140 valence electrons. The molecule has 2 bridgehead atoms. The summed E-state index contributed by atoms with van der Waals surface area (Å²) in [6.45, 7) is 4.16. The fourth-order valence-corrected chi connectivity index (χ4v) is 4.23. The number of aromatic nitrogens is 2. The average Bonchev–Trinajstić information content (AvgIpc) is 3.18. The van der Waals surface area contributed by atoms with Gasteiger partial charge < -0.3 is 15.2 Å². The maximum atomic E-state index is 12.6. The normalized spacial score (nSPS) is 29.3. The number of halogens is 1. The molecule has 1 saturated carbocycles. The Bertz CT molecular complexity index is 590. The van der Waals surface area contributed by atoms with Crippen LogP contribution < -0.4 is 10.6 Å². The molecule has 3 atom stereocenters. The Balaban J connectivity index is 0.00000182. The van der Waals surface area contributed by atoms with Crippen LogP contribution in [0.4, 0.5) is 0 Å². The number of hydrogen-bond acceptors (Lipinski definition) is 5. The van der Waals surface area contributed by atoms with Gasteiger partial charge in [-0.25, -0.2) is 0 Å². The van der Waals surface area contributed by atoms with Gasteiger partial charge in [-0.2, -0.15) is 4.98 Å². The van der Waals surface area contributed by atoms with E-state index in [1.165, 1.54) is 12.8 Å². The Morgan fingerprint density at radius 1 is 1.24 bits per heavy atom. The van der Waals surface area contributed by atoms with Crippen molar-refractivity contribution in [2.45, 2.75) is 82.8 Å². The van der Waals surface area contributed by atoms with Crippen LogP contribution in [-0.4, -0.2) is 28.1 Å². The summed E-state index contributed by atoms with van der Waals surface area (Å²) in [6.07, 6.45) is 7.70. The number of rotatable bonds is 6. The van der Waals surface area contributed by atoms with Gasteiger partial charge in [0, 0.05) is 24.4 Å². The third kappa shape index (κ3) is 4.34. The molecule has 25 heavy (non-hydrogen) atoms. The number of nitrogens with one attached hydrogen (secondary N) is 2. The van der Waals surface area contributed by atoms with Gasteiger partial charge in [-0.3, -0.25) is 4.79 Å². The van der Waals surface area contributed by atoms with Gasteiger partial charge in [-0.1, -0.05) is 19.0 Å². The molecule has 3 unspecified atom stereocenters. The highest BCUT2D eigenvalue weighted by Crippen LogP contribution is 2.39. The van der Waals surface area contributed by atoms with Gasteiger partial charge in [-0.05, 0) is 50.4 Å². The van der Waals surface area contributed by atoms with Crippen LogP contribution >= 0.6 is 12.4 Å². The van der Waals surface area contributed by atoms with E-state index in [4.69, 9.17) is 4.52 Å².